The minimum absolute atomic E-state index is 0.438. The number of rotatable bonds is 1. The molecule has 0 aliphatic rings. The summed E-state index contributed by atoms with van der Waals surface area (Å²) in [6.07, 6.45) is 0. The molecule has 0 amide bonds. The molecule has 3 rings (SSSR count). The lowest BCUT2D eigenvalue weighted by molar-refractivity contribution is 0.425. The highest BCUT2D eigenvalue weighted by Crippen LogP contribution is 2.28. The van der Waals surface area contributed by atoms with Gasteiger partial charge in [0.05, 0.1) is 0 Å². The second-order valence-corrected chi connectivity index (χ2v) is 4.23. The van der Waals surface area contributed by atoms with E-state index in [1.807, 2.05) is 25.1 Å². The largest absolute Gasteiger partial charge is 0.488 e. The Morgan fingerprint density at radius 1 is 0.941 bits per heavy atom. The van der Waals surface area contributed by atoms with Crippen LogP contribution in [0.5, 0.6) is 0 Å². The number of fused-ring (bicyclic) bond motifs is 3. The highest BCUT2D eigenvalue weighted by molar-refractivity contribution is 6.58. The van der Waals surface area contributed by atoms with Crippen LogP contribution in [0.4, 0.5) is 0 Å². The van der Waals surface area contributed by atoms with Gasteiger partial charge in [-0.2, -0.15) is 0 Å². The summed E-state index contributed by atoms with van der Waals surface area (Å²) < 4.78 is 5.68. The van der Waals surface area contributed by atoms with Gasteiger partial charge in [-0.15, -0.1) is 0 Å². The van der Waals surface area contributed by atoms with Gasteiger partial charge < -0.3 is 14.5 Å². The van der Waals surface area contributed by atoms with Gasteiger partial charge in [0, 0.05) is 10.8 Å². The molecule has 0 spiro atoms. The molecule has 0 fully saturated rings. The van der Waals surface area contributed by atoms with E-state index in [9.17, 15) is 0 Å². The first-order valence-corrected chi connectivity index (χ1v) is 5.44. The van der Waals surface area contributed by atoms with Crippen LogP contribution in [0.3, 0.4) is 0 Å². The lowest BCUT2D eigenvalue weighted by Gasteiger charge is -1.97. The molecule has 2 aromatic carbocycles. The molecule has 84 valence electrons. The molecule has 0 unspecified atom stereocenters. The molecule has 1 heterocycles. The van der Waals surface area contributed by atoms with Gasteiger partial charge >= 0.3 is 7.12 Å². The zero-order chi connectivity index (χ0) is 12.0. The van der Waals surface area contributed by atoms with E-state index < -0.39 is 7.12 Å². The third kappa shape index (κ3) is 1.62. The average molecular weight is 226 g/mol. The number of aryl methyl sites for hydroxylation is 1. The fourth-order valence-corrected chi connectivity index (χ4v) is 2.07. The van der Waals surface area contributed by atoms with Crippen LogP contribution in [0.25, 0.3) is 21.9 Å². The average Bonchev–Trinajstić information content (AvgIpc) is 2.66. The van der Waals surface area contributed by atoms with E-state index in [4.69, 9.17) is 14.5 Å². The van der Waals surface area contributed by atoms with Crippen molar-refractivity contribution < 1.29 is 14.5 Å². The first-order chi connectivity index (χ1) is 8.15. The molecule has 3 nitrogen and oxygen atoms in total. The zero-order valence-electron chi connectivity index (χ0n) is 9.34. The number of hydrogen-bond acceptors (Lipinski definition) is 3. The van der Waals surface area contributed by atoms with Gasteiger partial charge in [0.2, 0.25) is 0 Å². The summed E-state index contributed by atoms with van der Waals surface area (Å²) in [6, 6.07) is 11.2. The SMILES string of the molecule is Cc1ccc2oc3cc(B(O)O)ccc3c2c1. The standard InChI is InChI=1S/C13H11BO3/c1-8-2-5-12-11(6-8)10-4-3-9(14(15)16)7-13(10)17-12/h2-7,15-16H,1H3. The van der Waals surface area contributed by atoms with E-state index in [-0.39, 0.29) is 0 Å². The van der Waals surface area contributed by atoms with Crippen LogP contribution < -0.4 is 5.46 Å². The Morgan fingerprint density at radius 2 is 1.76 bits per heavy atom. The van der Waals surface area contributed by atoms with Gasteiger partial charge in [0.25, 0.3) is 0 Å². The molecule has 0 aliphatic heterocycles. The molecule has 17 heavy (non-hydrogen) atoms. The maximum Gasteiger partial charge on any atom is 0.488 e. The molecule has 1 aromatic heterocycles. The van der Waals surface area contributed by atoms with E-state index >= 15 is 0 Å². The number of furan rings is 1. The smallest absolute Gasteiger partial charge is 0.456 e. The van der Waals surface area contributed by atoms with E-state index in [2.05, 4.69) is 6.07 Å². The topological polar surface area (TPSA) is 53.6 Å². The third-order valence-corrected chi connectivity index (χ3v) is 2.95. The maximum atomic E-state index is 9.12. The Balaban J connectivity index is 2.36. The molecule has 4 heteroatoms. The Labute approximate surface area is 98.4 Å². The van der Waals surface area contributed by atoms with Crippen molar-refractivity contribution in [1.29, 1.82) is 0 Å². The van der Waals surface area contributed by atoms with Crippen LogP contribution in [0.1, 0.15) is 5.56 Å². The molecule has 0 atom stereocenters. The monoisotopic (exact) mass is 226 g/mol. The Kier molecular flexibility index (Phi) is 2.21. The summed E-state index contributed by atoms with van der Waals surface area (Å²) in [7, 11) is -1.46. The van der Waals surface area contributed by atoms with Gasteiger partial charge in [0.15, 0.2) is 0 Å². The predicted molar refractivity (Wildman–Crippen MR) is 68.3 cm³/mol. The van der Waals surface area contributed by atoms with Gasteiger partial charge in [-0.1, -0.05) is 23.8 Å². The summed E-state index contributed by atoms with van der Waals surface area (Å²) in [5.74, 6) is 0. The van der Waals surface area contributed by atoms with E-state index in [0.717, 1.165) is 16.4 Å². The minimum Gasteiger partial charge on any atom is -0.456 e. The van der Waals surface area contributed by atoms with Gasteiger partial charge in [-0.05, 0) is 30.6 Å². The molecule has 0 aliphatic carbocycles. The molecular formula is C13H11BO3. The van der Waals surface area contributed by atoms with Gasteiger partial charge in [-0.25, -0.2) is 0 Å². The van der Waals surface area contributed by atoms with Crippen LogP contribution in [0.15, 0.2) is 40.8 Å². The van der Waals surface area contributed by atoms with Crippen molar-refractivity contribution in [2.24, 2.45) is 0 Å². The summed E-state index contributed by atoms with van der Waals surface area (Å²) in [5.41, 5.74) is 3.10. The van der Waals surface area contributed by atoms with Gasteiger partial charge in [-0.3, -0.25) is 0 Å². The van der Waals surface area contributed by atoms with Crippen molar-refractivity contribution in [1.82, 2.24) is 0 Å². The molecule has 0 bridgehead atoms. The molecule has 0 radical (unpaired) electrons. The number of benzene rings is 2. The highest BCUT2D eigenvalue weighted by atomic mass is 16.4. The summed E-state index contributed by atoms with van der Waals surface area (Å²) in [5, 5.41) is 20.3. The minimum atomic E-state index is -1.46. The maximum absolute atomic E-state index is 9.12. The van der Waals surface area contributed by atoms with Crippen molar-refractivity contribution >= 4 is 34.5 Å². The first kappa shape index (κ1) is 10.4. The Morgan fingerprint density at radius 3 is 2.53 bits per heavy atom. The lowest BCUT2D eigenvalue weighted by atomic mass is 9.80. The quantitative estimate of drug-likeness (QED) is 0.619. The van der Waals surface area contributed by atoms with Crippen molar-refractivity contribution in [3.8, 4) is 0 Å². The van der Waals surface area contributed by atoms with Crippen molar-refractivity contribution in [3.63, 3.8) is 0 Å². The van der Waals surface area contributed by atoms with Crippen molar-refractivity contribution in [3.05, 3.63) is 42.0 Å². The predicted octanol–water partition coefficient (Wildman–Crippen LogP) is 1.57. The summed E-state index contributed by atoms with van der Waals surface area (Å²) in [6.45, 7) is 2.03. The second-order valence-electron chi connectivity index (χ2n) is 4.23. The Bertz CT molecular complexity index is 700. The first-order valence-electron chi connectivity index (χ1n) is 5.44. The molecule has 0 saturated carbocycles. The Hall–Kier alpha value is -1.78. The summed E-state index contributed by atoms with van der Waals surface area (Å²) in [4.78, 5) is 0. The van der Waals surface area contributed by atoms with E-state index in [1.54, 1.807) is 12.1 Å². The molecule has 0 saturated heterocycles. The second kappa shape index (κ2) is 3.62. The van der Waals surface area contributed by atoms with Crippen LogP contribution >= 0.6 is 0 Å². The van der Waals surface area contributed by atoms with Crippen LogP contribution in [0.2, 0.25) is 0 Å². The third-order valence-electron chi connectivity index (χ3n) is 2.95. The molecule has 3 aromatic rings. The van der Waals surface area contributed by atoms with E-state index in [0.29, 0.717) is 11.0 Å². The lowest BCUT2D eigenvalue weighted by Crippen LogP contribution is -2.29. The molecular weight excluding hydrogens is 215 g/mol. The summed E-state index contributed by atoms with van der Waals surface area (Å²) >= 11 is 0. The van der Waals surface area contributed by atoms with Crippen LogP contribution in [-0.4, -0.2) is 17.2 Å². The van der Waals surface area contributed by atoms with Crippen molar-refractivity contribution in [2.75, 3.05) is 0 Å². The van der Waals surface area contributed by atoms with E-state index in [1.165, 1.54) is 5.56 Å². The molecule has 2 N–H and O–H groups in total. The number of hydrogen-bond donors (Lipinski definition) is 2. The normalized spacial score (nSPS) is 11.2. The zero-order valence-corrected chi connectivity index (χ0v) is 9.34. The fourth-order valence-electron chi connectivity index (χ4n) is 2.07. The van der Waals surface area contributed by atoms with Gasteiger partial charge in [0.1, 0.15) is 11.2 Å². The van der Waals surface area contributed by atoms with Crippen LogP contribution in [0, 0.1) is 6.92 Å². The van der Waals surface area contributed by atoms with Crippen LogP contribution in [-0.2, 0) is 0 Å². The fraction of sp³-hybridized carbons (Fsp3) is 0.0769. The highest BCUT2D eigenvalue weighted by Gasteiger charge is 2.14. The van der Waals surface area contributed by atoms with Crippen molar-refractivity contribution in [2.45, 2.75) is 6.92 Å².